The molecule has 136 valence electrons. The third kappa shape index (κ3) is 4.97. The quantitative estimate of drug-likeness (QED) is 0.715. The van der Waals surface area contributed by atoms with Crippen LogP contribution in [0.5, 0.6) is 0 Å². The predicted molar refractivity (Wildman–Crippen MR) is 92.1 cm³/mol. The van der Waals surface area contributed by atoms with Crippen LogP contribution in [0.25, 0.3) is 0 Å². The number of hydrogen-bond donors (Lipinski definition) is 2. The number of anilines is 4. The molecule has 0 atom stereocenters. The number of aromatic nitrogens is 2. The third-order valence-corrected chi connectivity index (χ3v) is 3.48. The lowest BCUT2D eigenvalue weighted by atomic mass is 10.3. The number of nitrogens with two attached hydrogens (primary N) is 1. The topological polar surface area (TPSA) is 85.5 Å². The van der Waals surface area contributed by atoms with E-state index in [1.54, 1.807) is 14.2 Å². The van der Waals surface area contributed by atoms with E-state index >= 15 is 0 Å². The largest absolute Gasteiger partial charge is 0.393 e. The summed E-state index contributed by atoms with van der Waals surface area (Å²) in [6, 6.07) is 3.21. The molecule has 0 fully saturated rings. The van der Waals surface area contributed by atoms with Crippen LogP contribution in [0.15, 0.2) is 24.5 Å². The average Bonchev–Trinajstić information content (AvgIpc) is 2.59. The number of methoxy groups -OCH3 is 2. The van der Waals surface area contributed by atoms with E-state index in [0.717, 1.165) is 12.1 Å². The Morgan fingerprint density at radius 3 is 2.40 bits per heavy atom. The van der Waals surface area contributed by atoms with Gasteiger partial charge >= 0.3 is 0 Å². The molecule has 25 heavy (non-hydrogen) atoms. The van der Waals surface area contributed by atoms with Crippen LogP contribution in [-0.2, 0) is 9.47 Å². The minimum absolute atomic E-state index is 0.0677. The molecule has 0 amide bonds. The second-order valence-electron chi connectivity index (χ2n) is 5.18. The van der Waals surface area contributed by atoms with E-state index in [0.29, 0.717) is 32.1 Å². The van der Waals surface area contributed by atoms with Gasteiger partial charge in [-0.3, -0.25) is 0 Å². The SMILES string of the molecule is COCCN(CCOC)c1ncnc(Nc2ccc(F)cc2F)c1N. The number of halogens is 2. The zero-order valence-corrected chi connectivity index (χ0v) is 14.1. The molecule has 0 aliphatic carbocycles. The average molecular weight is 353 g/mol. The Labute approximate surface area is 144 Å². The number of benzene rings is 1. The third-order valence-electron chi connectivity index (χ3n) is 3.48. The van der Waals surface area contributed by atoms with Gasteiger partial charge in [0.15, 0.2) is 11.6 Å². The van der Waals surface area contributed by atoms with Gasteiger partial charge in [-0.1, -0.05) is 0 Å². The van der Waals surface area contributed by atoms with Crippen molar-refractivity contribution in [2.75, 3.05) is 56.5 Å². The van der Waals surface area contributed by atoms with Gasteiger partial charge in [0, 0.05) is 33.4 Å². The van der Waals surface area contributed by atoms with Crippen molar-refractivity contribution in [1.82, 2.24) is 9.97 Å². The van der Waals surface area contributed by atoms with Crippen LogP contribution >= 0.6 is 0 Å². The van der Waals surface area contributed by atoms with Crippen molar-refractivity contribution in [3.63, 3.8) is 0 Å². The fourth-order valence-electron chi connectivity index (χ4n) is 2.18. The van der Waals surface area contributed by atoms with Crippen molar-refractivity contribution >= 4 is 23.0 Å². The molecule has 0 aliphatic rings. The Bertz CT molecular complexity index is 694. The molecule has 0 aliphatic heterocycles. The molecule has 2 rings (SSSR count). The van der Waals surface area contributed by atoms with Crippen molar-refractivity contribution in [3.05, 3.63) is 36.2 Å². The minimum Gasteiger partial charge on any atom is -0.393 e. The van der Waals surface area contributed by atoms with Crippen molar-refractivity contribution in [3.8, 4) is 0 Å². The van der Waals surface area contributed by atoms with Gasteiger partial charge in [-0.25, -0.2) is 18.7 Å². The van der Waals surface area contributed by atoms with Crippen molar-refractivity contribution in [1.29, 1.82) is 0 Å². The molecule has 0 saturated carbocycles. The van der Waals surface area contributed by atoms with E-state index in [9.17, 15) is 8.78 Å². The number of nitrogens with one attached hydrogen (secondary N) is 1. The first-order chi connectivity index (χ1) is 12.1. The lowest BCUT2D eigenvalue weighted by Gasteiger charge is -2.25. The molecule has 0 saturated heterocycles. The minimum atomic E-state index is -0.741. The van der Waals surface area contributed by atoms with Crippen LogP contribution in [0.3, 0.4) is 0 Å². The lowest BCUT2D eigenvalue weighted by Crippen LogP contribution is -2.32. The molecule has 0 spiro atoms. The highest BCUT2D eigenvalue weighted by Crippen LogP contribution is 2.29. The Morgan fingerprint density at radius 1 is 1.12 bits per heavy atom. The summed E-state index contributed by atoms with van der Waals surface area (Å²) in [5, 5.41) is 2.77. The number of nitrogens with zero attached hydrogens (tertiary/aromatic N) is 3. The van der Waals surface area contributed by atoms with Gasteiger partial charge in [0.1, 0.15) is 23.6 Å². The molecule has 1 heterocycles. The van der Waals surface area contributed by atoms with Gasteiger partial charge in [-0.2, -0.15) is 0 Å². The standard InChI is InChI=1S/C16H21F2N5O2/c1-24-7-5-23(6-8-25-2)16-14(19)15(20-10-21-16)22-13-4-3-11(17)9-12(13)18/h3-4,9-10H,5-8,19H2,1-2H3,(H,20,21,22). The van der Waals surface area contributed by atoms with E-state index in [2.05, 4.69) is 15.3 Å². The zero-order chi connectivity index (χ0) is 18.2. The van der Waals surface area contributed by atoms with Crippen molar-refractivity contribution in [2.45, 2.75) is 0 Å². The summed E-state index contributed by atoms with van der Waals surface area (Å²) in [7, 11) is 3.20. The number of rotatable bonds is 9. The molecule has 9 heteroatoms. The summed E-state index contributed by atoms with van der Waals surface area (Å²) in [6.07, 6.45) is 1.32. The van der Waals surface area contributed by atoms with E-state index in [4.69, 9.17) is 15.2 Å². The first-order valence-corrected chi connectivity index (χ1v) is 7.62. The monoisotopic (exact) mass is 353 g/mol. The fourth-order valence-corrected chi connectivity index (χ4v) is 2.18. The van der Waals surface area contributed by atoms with Gasteiger partial charge in [0.05, 0.1) is 18.9 Å². The maximum absolute atomic E-state index is 13.8. The highest BCUT2D eigenvalue weighted by molar-refractivity contribution is 5.78. The van der Waals surface area contributed by atoms with Crippen LogP contribution in [0.2, 0.25) is 0 Å². The first kappa shape index (κ1) is 18.8. The number of hydrogen-bond acceptors (Lipinski definition) is 7. The smallest absolute Gasteiger partial charge is 0.159 e. The van der Waals surface area contributed by atoms with E-state index in [1.807, 2.05) is 4.90 Å². The van der Waals surface area contributed by atoms with Gasteiger partial charge in [0.2, 0.25) is 0 Å². The highest BCUT2D eigenvalue weighted by atomic mass is 19.1. The molecule has 0 bridgehead atoms. The first-order valence-electron chi connectivity index (χ1n) is 7.62. The molecular weight excluding hydrogens is 332 g/mol. The predicted octanol–water partition coefficient (Wildman–Crippen LogP) is 2.18. The van der Waals surface area contributed by atoms with Crippen molar-refractivity contribution in [2.24, 2.45) is 0 Å². The molecule has 3 N–H and O–H groups in total. The Hall–Kier alpha value is -2.52. The Morgan fingerprint density at radius 2 is 1.80 bits per heavy atom. The van der Waals surface area contributed by atoms with Gasteiger partial charge in [0.25, 0.3) is 0 Å². The number of nitrogen functional groups attached to an aromatic ring is 1. The summed E-state index contributed by atoms with van der Waals surface area (Å²) in [5.74, 6) is -0.690. The fraction of sp³-hybridized carbons (Fsp3) is 0.375. The van der Waals surface area contributed by atoms with Gasteiger partial charge in [-0.15, -0.1) is 0 Å². The van der Waals surface area contributed by atoms with Crippen LogP contribution in [-0.4, -0.2) is 50.5 Å². The Kier molecular flexibility index (Phi) is 6.84. The normalized spacial score (nSPS) is 10.7. The molecule has 1 aromatic heterocycles. The van der Waals surface area contributed by atoms with E-state index in [-0.39, 0.29) is 17.2 Å². The maximum atomic E-state index is 13.8. The molecular formula is C16H21F2N5O2. The second kappa shape index (κ2) is 9.09. The van der Waals surface area contributed by atoms with Crippen LogP contribution in [0, 0.1) is 11.6 Å². The molecule has 1 aromatic carbocycles. The van der Waals surface area contributed by atoms with Gasteiger partial charge < -0.3 is 25.4 Å². The maximum Gasteiger partial charge on any atom is 0.159 e. The molecule has 0 unspecified atom stereocenters. The number of ether oxygens (including phenoxy) is 2. The highest BCUT2D eigenvalue weighted by Gasteiger charge is 2.16. The molecule has 7 nitrogen and oxygen atoms in total. The zero-order valence-electron chi connectivity index (χ0n) is 14.1. The van der Waals surface area contributed by atoms with Crippen LogP contribution in [0.1, 0.15) is 0 Å². The molecule has 0 radical (unpaired) electrons. The van der Waals surface area contributed by atoms with Gasteiger partial charge in [-0.05, 0) is 12.1 Å². The lowest BCUT2D eigenvalue weighted by molar-refractivity contribution is 0.190. The van der Waals surface area contributed by atoms with E-state index < -0.39 is 11.6 Å². The van der Waals surface area contributed by atoms with Crippen molar-refractivity contribution < 1.29 is 18.3 Å². The Balaban J connectivity index is 2.27. The molecule has 2 aromatic rings. The summed E-state index contributed by atoms with van der Waals surface area (Å²) >= 11 is 0. The van der Waals surface area contributed by atoms with E-state index in [1.165, 1.54) is 12.4 Å². The summed E-state index contributed by atoms with van der Waals surface area (Å²) in [4.78, 5) is 10.1. The summed E-state index contributed by atoms with van der Waals surface area (Å²) in [5.41, 5.74) is 6.46. The van der Waals surface area contributed by atoms with Crippen LogP contribution < -0.4 is 16.0 Å². The summed E-state index contributed by atoms with van der Waals surface area (Å²) < 4.78 is 37.1. The summed E-state index contributed by atoms with van der Waals surface area (Å²) in [6.45, 7) is 2.04. The van der Waals surface area contributed by atoms with Crippen LogP contribution in [0.4, 0.5) is 31.8 Å². The second-order valence-corrected chi connectivity index (χ2v) is 5.18.